The van der Waals surface area contributed by atoms with Crippen molar-refractivity contribution in [2.75, 3.05) is 5.32 Å². The van der Waals surface area contributed by atoms with Gasteiger partial charge in [-0.25, -0.2) is 0 Å². The lowest BCUT2D eigenvalue weighted by molar-refractivity contribution is 1.08. The number of benzene rings is 2. The molecule has 0 radical (unpaired) electrons. The minimum Gasteiger partial charge on any atom is -0.355 e. The highest BCUT2D eigenvalue weighted by molar-refractivity contribution is 5.69. The van der Waals surface area contributed by atoms with Crippen LogP contribution in [0.4, 0.5) is 11.4 Å². The minimum atomic E-state index is 1.05. The molecule has 1 N–H and O–H groups in total. The van der Waals surface area contributed by atoms with E-state index in [9.17, 15) is 0 Å². The molecule has 1 nitrogen and oxygen atoms in total. The molecule has 19 heavy (non-hydrogen) atoms. The summed E-state index contributed by atoms with van der Waals surface area (Å²) in [5, 5.41) is 3.66. The Morgan fingerprint density at radius 3 is 1.79 bits per heavy atom. The molecule has 2 rings (SSSR count). The zero-order valence-electron chi connectivity index (χ0n) is 12.2. The van der Waals surface area contributed by atoms with Crippen LogP contribution in [0.5, 0.6) is 0 Å². The quantitative estimate of drug-likeness (QED) is 0.780. The molecule has 0 aliphatic heterocycles. The van der Waals surface area contributed by atoms with Crippen LogP contribution in [0.3, 0.4) is 0 Å². The van der Waals surface area contributed by atoms with E-state index in [4.69, 9.17) is 0 Å². The zero-order chi connectivity index (χ0) is 13.7. The molecular weight excluding hydrogens is 230 g/mol. The number of rotatable bonds is 5. The maximum Gasteiger partial charge on any atom is 0.0449 e. The minimum absolute atomic E-state index is 1.05. The third-order valence-electron chi connectivity index (χ3n) is 3.66. The molecule has 0 amide bonds. The van der Waals surface area contributed by atoms with Gasteiger partial charge in [0.1, 0.15) is 0 Å². The first kappa shape index (κ1) is 13.7. The van der Waals surface area contributed by atoms with E-state index < -0.39 is 0 Å². The van der Waals surface area contributed by atoms with Crippen molar-refractivity contribution in [2.24, 2.45) is 0 Å². The van der Waals surface area contributed by atoms with Gasteiger partial charge in [-0.15, -0.1) is 0 Å². The summed E-state index contributed by atoms with van der Waals surface area (Å²) in [6.45, 7) is 6.63. The normalized spacial score (nSPS) is 10.5. The largest absolute Gasteiger partial charge is 0.355 e. The topological polar surface area (TPSA) is 12.0 Å². The van der Waals surface area contributed by atoms with Crippen LogP contribution >= 0.6 is 0 Å². The highest BCUT2D eigenvalue weighted by atomic mass is 14.9. The van der Waals surface area contributed by atoms with Gasteiger partial charge in [0.15, 0.2) is 0 Å². The lowest BCUT2D eigenvalue weighted by Gasteiger charge is -2.17. The second-order valence-electron chi connectivity index (χ2n) is 4.79. The van der Waals surface area contributed by atoms with Crippen LogP contribution in [0.15, 0.2) is 42.5 Å². The average Bonchev–Trinajstić information content (AvgIpc) is 2.48. The van der Waals surface area contributed by atoms with Gasteiger partial charge in [-0.3, -0.25) is 0 Å². The van der Waals surface area contributed by atoms with E-state index >= 15 is 0 Å². The maximum absolute atomic E-state index is 3.66. The van der Waals surface area contributed by atoms with Crippen LogP contribution in [0, 0.1) is 0 Å². The Morgan fingerprint density at radius 2 is 1.21 bits per heavy atom. The van der Waals surface area contributed by atoms with Gasteiger partial charge in [-0.2, -0.15) is 0 Å². The first-order chi connectivity index (χ1) is 9.30. The summed E-state index contributed by atoms with van der Waals surface area (Å²) in [6.07, 6.45) is 3.17. The van der Waals surface area contributed by atoms with Gasteiger partial charge >= 0.3 is 0 Å². The van der Waals surface area contributed by atoms with E-state index in [-0.39, 0.29) is 0 Å². The summed E-state index contributed by atoms with van der Waals surface area (Å²) in [5.41, 5.74) is 6.69. The Morgan fingerprint density at radius 1 is 0.684 bits per heavy atom. The van der Waals surface area contributed by atoms with Crippen molar-refractivity contribution in [3.05, 3.63) is 59.2 Å². The van der Waals surface area contributed by atoms with Gasteiger partial charge in [0.25, 0.3) is 0 Å². The molecule has 2 aromatic carbocycles. The predicted molar refractivity (Wildman–Crippen MR) is 84.3 cm³/mol. The first-order valence-corrected chi connectivity index (χ1v) is 7.25. The smallest absolute Gasteiger partial charge is 0.0449 e. The highest BCUT2D eigenvalue weighted by Gasteiger charge is 2.08. The van der Waals surface area contributed by atoms with Crippen LogP contribution < -0.4 is 5.32 Å². The Bertz CT molecular complexity index is 521. The molecule has 0 saturated heterocycles. The van der Waals surface area contributed by atoms with Crippen LogP contribution in [0.1, 0.15) is 37.5 Å². The fourth-order valence-corrected chi connectivity index (χ4v) is 2.49. The molecule has 0 bridgehead atoms. The van der Waals surface area contributed by atoms with Gasteiger partial charge < -0.3 is 5.32 Å². The van der Waals surface area contributed by atoms with E-state index in [1.807, 2.05) is 0 Å². The Labute approximate surface area is 116 Å². The summed E-state index contributed by atoms with van der Waals surface area (Å²) in [4.78, 5) is 0. The summed E-state index contributed by atoms with van der Waals surface area (Å²) in [5.74, 6) is 0. The Balaban J connectivity index is 2.42. The molecule has 2 aromatic rings. The van der Waals surface area contributed by atoms with Crippen molar-refractivity contribution in [2.45, 2.75) is 40.0 Å². The van der Waals surface area contributed by atoms with Gasteiger partial charge in [-0.1, -0.05) is 57.2 Å². The first-order valence-electron chi connectivity index (χ1n) is 7.25. The van der Waals surface area contributed by atoms with Gasteiger partial charge in [-0.05, 0) is 42.0 Å². The van der Waals surface area contributed by atoms with Crippen molar-refractivity contribution in [1.29, 1.82) is 0 Å². The number of hydrogen-bond donors (Lipinski definition) is 1. The Hall–Kier alpha value is -1.76. The van der Waals surface area contributed by atoms with Crippen molar-refractivity contribution in [3.63, 3.8) is 0 Å². The monoisotopic (exact) mass is 253 g/mol. The van der Waals surface area contributed by atoms with E-state index in [0.29, 0.717) is 0 Å². The number of aryl methyl sites for hydroxylation is 3. The van der Waals surface area contributed by atoms with Gasteiger partial charge in [0.2, 0.25) is 0 Å². The summed E-state index contributed by atoms with van der Waals surface area (Å²) in [6, 6.07) is 15.2. The lowest BCUT2D eigenvalue weighted by Crippen LogP contribution is -2.02. The summed E-state index contributed by atoms with van der Waals surface area (Å²) < 4.78 is 0. The second kappa shape index (κ2) is 6.42. The van der Waals surface area contributed by atoms with Crippen LogP contribution in [-0.4, -0.2) is 0 Å². The van der Waals surface area contributed by atoms with Crippen LogP contribution in [0.25, 0.3) is 0 Å². The number of anilines is 2. The lowest BCUT2D eigenvalue weighted by atomic mass is 10.0. The summed E-state index contributed by atoms with van der Waals surface area (Å²) >= 11 is 0. The third kappa shape index (κ3) is 2.98. The number of para-hydroxylation sites is 2. The SMILES string of the molecule is CCc1ccccc1Nc1c(CC)cccc1CC. The Kier molecular flexibility index (Phi) is 4.62. The molecule has 0 saturated carbocycles. The van der Waals surface area contributed by atoms with Gasteiger partial charge in [0, 0.05) is 11.4 Å². The molecule has 0 unspecified atom stereocenters. The van der Waals surface area contributed by atoms with Crippen LogP contribution in [-0.2, 0) is 19.3 Å². The fourth-order valence-electron chi connectivity index (χ4n) is 2.49. The van der Waals surface area contributed by atoms with E-state index in [1.165, 1.54) is 28.1 Å². The molecule has 0 aromatic heterocycles. The van der Waals surface area contributed by atoms with E-state index in [2.05, 4.69) is 68.6 Å². The molecule has 0 aliphatic rings. The average molecular weight is 253 g/mol. The molecule has 0 heterocycles. The molecule has 0 atom stereocenters. The molecule has 0 spiro atoms. The predicted octanol–water partition coefficient (Wildman–Crippen LogP) is 5.12. The molecule has 100 valence electrons. The third-order valence-corrected chi connectivity index (χ3v) is 3.66. The number of nitrogens with one attached hydrogen (secondary N) is 1. The maximum atomic E-state index is 3.66. The molecule has 0 aliphatic carbocycles. The highest BCUT2D eigenvalue weighted by Crippen LogP contribution is 2.28. The van der Waals surface area contributed by atoms with Crippen molar-refractivity contribution in [1.82, 2.24) is 0 Å². The molecule has 1 heteroatoms. The zero-order valence-corrected chi connectivity index (χ0v) is 12.2. The number of hydrogen-bond acceptors (Lipinski definition) is 1. The second-order valence-corrected chi connectivity index (χ2v) is 4.79. The standard InChI is InChI=1S/C18H23N/c1-4-14-10-7-8-13-17(14)19-18-15(5-2)11-9-12-16(18)6-3/h7-13,19H,4-6H2,1-3H3. The fraction of sp³-hybridized carbons (Fsp3) is 0.333. The van der Waals surface area contributed by atoms with E-state index in [1.54, 1.807) is 0 Å². The van der Waals surface area contributed by atoms with Crippen molar-refractivity contribution in [3.8, 4) is 0 Å². The van der Waals surface area contributed by atoms with Crippen molar-refractivity contribution < 1.29 is 0 Å². The van der Waals surface area contributed by atoms with Crippen LogP contribution in [0.2, 0.25) is 0 Å². The van der Waals surface area contributed by atoms with E-state index in [0.717, 1.165) is 19.3 Å². The molecular formula is C18H23N. The van der Waals surface area contributed by atoms with Gasteiger partial charge in [0.05, 0.1) is 0 Å². The summed E-state index contributed by atoms with van der Waals surface area (Å²) in [7, 11) is 0. The molecule has 0 fully saturated rings. The van der Waals surface area contributed by atoms with Crippen molar-refractivity contribution >= 4 is 11.4 Å².